The van der Waals surface area contributed by atoms with Crippen molar-refractivity contribution in [1.82, 2.24) is 20.2 Å². The number of aromatic nitrogens is 4. The molecule has 0 saturated heterocycles. The van der Waals surface area contributed by atoms with E-state index in [9.17, 15) is 4.79 Å². The van der Waals surface area contributed by atoms with E-state index in [0.717, 1.165) is 17.0 Å². The van der Waals surface area contributed by atoms with Crippen molar-refractivity contribution in [3.63, 3.8) is 0 Å². The summed E-state index contributed by atoms with van der Waals surface area (Å²) in [5, 5.41) is 15.4. The molecule has 0 bridgehead atoms. The predicted octanol–water partition coefficient (Wildman–Crippen LogP) is 3.12. The van der Waals surface area contributed by atoms with E-state index in [2.05, 4.69) is 20.8 Å². The van der Waals surface area contributed by atoms with Crippen LogP contribution < -0.4 is 24.3 Å². The van der Waals surface area contributed by atoms with Crippen LogP contribution in [0.2, 0.25) is 0 Å². The first-order chi connectivity index (χ1) is 16.6. The Morgan fingerprint density at radius 2 is 1.68 bits per heavy atom. The molecule has 34 heavy (non-hydrogen) atoms. The number of tetrazole rings is 1. The highest BCUT2D eigenvalue weighted by Crippen LogP contribution is 2.49. The maximum atomic E-state index is 13.6. The van der Waals surface area contributed by atoms with E-state index in [0.29, 0.717) is 47.2 Å². The van der Waals surface area contributed by atoms with Crippen LogP contribution in [0.25, 0.3) is 0 Å². The van der Waals surface area contributed by atoms with E-state index >= 15 is 0 Å². The number of fused-ring (bicyclic) bond motifs is 1. The molecular weight excluding hydrogens is 438 g/mol. The maximum absolute atomic E-state index is 13.6. The van der Waals surface area contributed by atoms with Gasteiger partial charge in [-0.2, -0.15) is 4.68 Å². The number of nitrogens with zero attached hydrogens (tertiary/aromatic N) is 4. The largest absolute Gasteiger partial charge is 0.497 e. The standard InChI is InChI=1S/C24H25N5O5/c1-31-15-7-5-13(6-8-15)14-11-17-20(18(30)12-14)21(29-24(25-17)26-27-28-29)16-9-10-19(32-2)23(34-4)22(16)33-3/h5-10,14,21H,11-12H2,1-4H3,(H,25,26,28)/t14-,21+/m1/s1. The van der Waals surface area contributed by atoms with E-state index in [4.69, 9.17) is 18.9 Å². The number of allylic oxidation sites excluding steroid dienone is 2. The highest BCUT2D eigenvalue weighted by atomic mass is 16.5. The van der Waals surface area contributed by atoms with Crippen molar-refractivity contribution < 1.29 is 23.7 Å². The molecule has 3 aromatic rings. The van der Waals surface area contributed by atoms with Gasteiger partial charge in [0.1, 0.15) is 11.8 Å². The van der Waals surface area contributed by atoms with Crippen molar-refractivity contribution in [2.75, 3.05) is 33.8 Å². The van der Waals surface area contributed by atoms with Crippen LogP contribution in [-0.2, 0) is 4.79 Å². The molecule has 1 aliphatic heterocycles. The van der Waals surface area contributed by atoms with Crippen molar-refractivity contribution in [3.05, 3.63) is 58.8 Å². The van der Waals surface area contributed by atoms with Gasteiger partial charge in [0.25, 0.3) is 0 Å². The average molecular weight is 463 g/mol. The van der Waals surface area contributed by atoms with Gasteiger partial charge in [0.2, 0.25) is 11.7 Å². The van der Waals surface area contributed by atoms with Crippen LogP contribution >= 0.6 is 0 Å². The van der Waals surface area contributed by atoms with Gasteiger partial charge in [0, 0.05) is 23.3 Å². The van der Waals surface area contributed by atoms with E-state index in [1.807, 2.05) is 30.3 Å². The third-order valence-electron chi connectivity index (χ3n) is 6.40. The fourth-order valence-electron chi connectivity index (χ4n) is 4.81. The number of carbonyl (C=O) groups excluding carboxylic acids is 1. The summed E-state index contributed by atoms with van der Waals surface area (Å²) < 4.78 is 23.6. The minimum Gasteiger partial charge on any atom is -0.497 e. The molecule has 2 aromatic carbocycles. The number of carbonyl (C=O) groups is 1. The lowest BCUT2D eigenvalue weighted by molar-refractivity contribution is -0.116. The quantitative estimate of drug-likeness (QED) is 0.589. The first kappa shape index (κ1) is 21.7. The lowest BCUT2D eigenvalue weighted by Crippen LogP contribution is -2.33. The molecular formula is C24H25N5O5. The van der Waals surface area contributed by atoms with Crippen molar-refractivity contribution >= 4 is 11.7 Å². The van der Waals surface area contributed by atoms with Crippen LogP contribution in [0.4, 0.5) is 5.95 Å². The Balaban J connectivity index is 1.62. The summed E-state index contributed by atoms with van der Waals surface area (Å²) in [6.45, 7) is 0. The number of rotatable bonds is 6. The van der Waals surface area contributed by atoms with Gasteiger partial charge in [-0.15, -0.1) is 0 Å². The number of methoxy groups -OCH3 is 4. The van der Waals surface area contributed by atoms with Crippen LogP contribution in [0, 0.1) is 0 Å². The van der Waals surface area contributed by atoms with Crippen molar-refractivity contribution in [2.24, 2.45) is 0 Å². The Hall–Kier alpha value is -4.08. The average Bonchev–Trinajstić information content (AvgIpc) is 3.34. The number of nitrogens with one attached hydrogen (secondary N) is 1. The number of hydrogen-bond donors (Lipinski definition) is 1. The van der Waals surface area contributed by atoms with Gasteiger partial charge >= 0.3 is 0 Å². The van der Waals surface area contributed by atoms with Crippen LogP contribution in [-0.4, -0.2) is 54.4 Å². The summed E-state index contributed by atoms with van der Waals surface area (Å²) in [6, 6.07) is 10.9. The summed E-state index contributed by atoms with van der Waals surface area (Å²) in [4.78, 5) is 13.6. The van der Waals surface area contributed by atoms with Crippen LogP contribution in [0.1, 0.15) is 35.9 Å². The maximum Gasteiger partial charge on any atom is 0.248 e. The summed E-state index contributed by atoms with van der Waals surface area (Å²) in [6.07, 6.45) is 1.02. The van der Waals surface area contributed by atoms with Gasteiger partial charge in [-0.05, 0) is 52.6 Å². The Labute approximate surface area is 196 Å². The number of Topliss-reactive ketones (excluding diaryl/α,β-unsaturated/α-hetero) is 1. The summed E-state index contributed by atoms with van der Waals surface area (Å²) in [5.74, 6) is 2.73. The fraction of sp³-hybridized carbons (Fsp3) is 0.333. The first-order valence-electron chi connectivity index (χ1n) is 10.8. The molecule has 0 radical (unpaired) electrons. The molecule has 10 nitrogen and oxygen atoms in total. The van der Waals surface area contributed by atoms with Gasteiger partial charge < -0.3 is 24.3 Å². The summed E-state index contributed by atoms with van der Waals surface area (Å²) in [7, 11) is 6.30. The van der Waals surface area contributed by atoms with Crippen molar-refractivity contribution in [3.8, 4) is 23.0 Å². The normalized spacial score (nSPS) is 19.1. The zero-order chi connectivity index (χ0) is 23.8. The molecule has 2 atom stereocenters. The second kappa shape index (κ2) is 8.69. The van der Waals surface area contributed by atoms with E-state index < -0.39 is 6.04 Å². The van der Waals surface area contributed by atoms with Gasteiger partial charge in [-0.3, -0.25) is 4.79 Å². The SMILES string of the molecule is COc1ccc([C@H]2CC(=O)C3=C(C2)Nc2nnnn2[C@H]3c2ccc(OC)c(OC)c2OC)cc1. The molecule has 0 unspecified atom stereocenters. The Morgan fingerprint density at radius 1 is 0.912 bits per heavy atom. The molecule has 0 amide bonds. The summed E-state index contributed by atoms with van der Waals surface area (Å²) >= 11 is 0. The molecule has 176 valence electrons. The predicted molar refractivity (Wildman–Crippen MR) is 123 cm³/mol. The number of ether oxygens (including phenoxy) is 4. The highest BCUT2D eigenvalue weighted by molar-refractivity contribution is 6.00. The molecule has 1 N–H and O–H groups in total. The van der Waals surface area contributed by atoms with Crippen LogP contribution in [0.5, 0.6) is 23.0 Å². The minimum atomic E-state index is -0.569. The van der Waals surface area contributed by atoms with E-state index in [-0.39, 0.29) is 11.7 Å². The third-order valence-corrected chi connectivity index (χ3v) is 6.40. The second-order valence-corrected chi connectivity index (χ2v) is 8.09. The Morgan fingerprint density at radius 3 is 2.35 bits per heavy atom. The molecule has 5 rings (SSSR count). The molecule has 0 spiro atoms. The zero-order valence-corrected chi connectivity index (χ0v) is 19.4. The molecule has 1 aromatic heterocycles. The lowest BCUT2D eigenvalue weighted by atomic mass is 9.77. The van der Waals surface area contributed by atoms with Gasteiger partial charge in [-0.25, -0.2) is 0 Å². The van der Waals surface area contributed by atoms with E-state index in [1.165, 1.54) is 0 Å². The van der Waals surface area contributed by atoms with Crippen LogP contribution in [0.15, 0.2) is 47.7 Å². The van der Waals surface area contributed by atoms with Crippen molar-refractivity contribution in [1.29, 1.82) is 0 Å². The lowest BCUT2D eigenvalue weighted by Gasteiger charge is -2.35. The molecule has 2 heterocycles. The van der Waals surface area contributed by atoms with Crippen LogP contribution in [0.3, 0.4) is 0 Å². The number of anilines is 1. The van der Waals surface area contributed by atoms with Gasteiger partial charge in [-0.1, -0.05) is 17.2 Å². The number of ketones is 1. The van der Waals surface area contributed by atoms with E-state index in [1.54, 1.807) is 39.2 Å². The topological polar surface area (TPSA) is 110 Å². The Bertz CT molecular complexity index is 1270. The molecule has 0 saturated carbocycles. The number of benzene rings is 2. The smallest absolute Gasteiger partial charge is 0.248 e. The highest BCUT2D eigenvalue weighted by Gasteiger charge is 2.41. The van der Waals surface area contributed by atoms with Gasteiger partial charge in [0.15, 0.2) is 17.3 Å². The molecule has 1 aliphatic carbocycles. The Kier molecular flexibility index (Phi) is 5.56. The minimum absolute atomic E-state index is 0.0255. The monoisotopic (exact) mass is 463 g/mol. The molecule has 10 heteroatoms. The molecule has 2 aliphatic rings. The zero-order valence-electron chi connectivity index (χ0n) is 19.4. The third kappa shape index (κ3) is 3.42. The second-order valence-electron chi connectivity index (χ2n) is 8.09. The fourth-order valence-corrected chi connectivity index (χ4v) is 4.81. The first-order valence-corrected chi connectivity index (χ1v) is 10.8. The number of hydrogen-bond acceptors (Lipinski definition) is 9. The van der Waals surface area contributed by atoms with Gasteiger partial charge in [0.05, 0.1) is 28.4 Å². The summed E-state index contributed by atoms with van der Waals surface area (Å²) in [5.41, 5.74) is 3.21. The van der Waals surface area contributed by atoms with Crippen molar-refractivity contribution in [2.45, 2.75) is 24.8 Å². The molecule has 0 fully saturated rings.